The largest absolute Gasteiger partial charge is 0.422 e. The number of hydrogen-bond donors (Lipinski definition) is 3. The highest BCUT2D eigenvalue weighted by Crippen LogP contribution is 2.45. The van der Waals surface area contributed by atoms with Gasteiger partial charge in [0.1, 0.15) is 0 Å². The van der Waals surface area contributed by atoms with Crippen molar-refractivity contribution in [3.8, 4) is 17.2 Å². The number of hydrogen-bond acceptors (Lipinski definition) is 10. The Labute approximate surface area is 245 Å². The number of esters is 3. The molecule has 12 nitrogen and oxygen atoms in total. The monoisotopic (exact) mass is 584 g/mol. The molecule has 0 fully saturated rings. The van der Waals surface area contributed by atoms with Crippen LogP contribution >= 0.6 is 0 Å². The van der Waals surface area contributed by atoms with E-state index >= 15 is 0 Å². The average Bonchev–Trinajstić information content (AvgIpc) is 3.21. The highest BCUT2D eigenvalue weighted by Gasteiger charge is 2.48. The molecule has 2 aliphatic heterocycles. The second-order valence-corrected chi connectivity index (χ2v) is 10.8. The van der Waals surface area contributed by atoms with E-state index in [-0.39, 0.29) is 11.3 Å². The smallest absolute Gasteiger partial charge is 0.345 e. The average molecular weight is 585 g/mol. The van der Waals surface area contributed by atoms with Crippen molar-refractivity contribution in [1.29, 1.82) is 0 Å². The number of anilines is 2. The molecule has 1 unspecified atom stereocenters. The summed E-state index contributed by atoms with van der Waals surface area (Å²) in [6, 6.07) is 10.4. The maximum atomic E-state index is 13.6. The molecule has 1 amide bonds. The zero-order valence-corrected chi connectivity index (χ0v) is 23.9. The van der Waals surface area contributed by atoms with Gasteiger partial charge in [-0.3, -0.25) is 14.4 Å². The fourth-order valence-corrected chi connectivity index (χ4v) is 5.26. The van der Waals surface area contributed by atoms with Crippen LogP contribution in [-0.2, 0) is 20.9 Å². The molecule has 6 rings (SSSR count). The predicted molar refractivity (Wildman–Crippen MR) is 153 cm³/mol. The summed E-state index contributed by atoms with van der Waals surface area (Å²) in [6.07, 6.45) is 0.0570. The highest BCUT2D eigenvalue weighted by molar-refractivity contribution is 6.08. The van der Waals surface area contributed by atoms with Gasteiger partial charge in [-0.2, -0.15) is 0 Å². The van der Waals surface area contributed by atoms with Crippen LogP contribution in [0, 0.1) is 27.7 Å². The molecule has 2 aromatic carbocycles. The van der Waals surface area contributed by atoms with Crippen LogP contribution < -0.4 is 24.8 Å². The second-order valence-electron chi connectivity index (χ2n) is 10.8. The third-order valence-electron chi connectivity index (χ3n) is 7.76. The molecule has 2 aromatic heterocycles. The van der Waals surface area contributed by atoms with Crippen LogP contribution in [0.4, 0.5) is 11.4 Å². The lowest BCUT2D eigenvalue weighted by molar-refractivity contribution is -0.170. The number of pyridine rings is 1. The molecule has 3 N–H and O–H groups in total. The van der Waals surface area contributed by atoms with Gasteiger partial charge in [0.25, 0.3) is 5.91 Å². The molecule has 2 bridgehead atoms. The Morgan fingerprint density at radius 2 is 1.67 bits per heavy atom. The number of imidazole rings is 1. The fourth-order valence-electron chi connectivity index (χ4n) is 5.26. The summed E-state index contributed by atoms with van der Waals surface area (Å²) in [4.78, 5) is 56.1. The van der Waals surface area contributed by atoms with E-state index in [9.17, 15) is 24.3 Å². The van der Waals surface area contributed by atoms with Crippen molar-refractivity contribution in [2.45, 2.75) is 52.7 Å². The Balaban J connectivity index is 1.38. The number of rotatable bonds is 5. The summed E-state index contributed by atoms with van der Waals surface area (Å²) in [6.45, 7) is 8.43. The minimum Gasteiger partial charge on any atom is -0.422 e. The molecular formula is C31H28N4O8. The van der Waals surface area contributed by atoms with E-state index in [1.165, 1.54) is 12.1 Å². The van der Waals surface area contributed by atoms with Gasteiger partial charge in [-0.25, -0.2) is 9.78 Å². The molecule has 220 valence electrons. The zero-order valence-electron chi connectivity index (χ0n) is 23.9. The molecule has 0 aliphatic carbocycles. The van der Waals surface area contributed by atoms with Crippen molar-refractivity contribution in [2.75, 3.05) is 10.6 Å². The number of carbonyl (C=O) groups excluding carboxylic acids is 4. The molecule has 4 aromatic rings. The van der Waals surface area contributed by atoms with Gasteiger partial charge in [0, 0.05) is 18.4 Å². The third-order valence-corrected chi connectivity index (χ3v) is 7.76. The second kappa shape index (κ2) is 10.2. The summed E-state index contributed by atoms with van der Waals surface area (Å²) in [5, 5.41) is 16.9. The first kappa shape index (κ1) is 27.9. The standard InChI is InChI=1S/C31H28N4O8/c1-15-6-5-7-16(2)21(15)13-32-22-10-19(14-35-18(4)17(3)33-28(22)35)34-29(38)20-8-9-23-27-26(20)42-25(37)12-31(40,30(39)43-27)11-24(36)41-23/h5-10,14,32,40H,11-13H2,1-4H3,(H,34,38). The number of amides is 1. The zero-order chi connectivity index (χ0) is 30.6. The SMILES string of the molecule is Cc1cccc(C)c1CNc1cc(NC(=O)c2ccc3c4c2OC(=O)CC(O)(CC(=O)O3)C(=O)O4)cn2c(C)c(C)nc12. The maximum absolute atomic E-state index is 13.6. The molecule has 12 heteroatoms. The van der Waals surface area contributed by atoms with Crippen LogP contribution in [0.3, 0.4) is 0 Å². The summed E-state index contributed by atoms with van der Waals surface area (Å²) in [5.41, 5.74) is 4.26. The van der Waals surface area contributed by atoms with Gasteiger partial charge in [0.15, 0.2) is 22.7 Å². The number of aromatic nitrogens is 2. The Kier molecular flexibility index (Phi) is 6.65. The van der Waals surface area contributed by atoms with E-state index in [4.69, 9.17) is 19.2 Å². The quantitative estimate of drug-likeness (QED) is 0.233. The first-order chi connectivity index (χ1) is 20.4. The number of nitrogens with one attached hydrogen (secondary N) is 2. The van der Waals surface area contributed by atoms with Crippen molar-refractivity contribution in [3.05, 3.63) is 76.2 Å². The first-order valence-electron chi connectivity index (χ1n) is 13.6. The molecule has 1 atom stereocenters. The van der Waals surface area contributed by atoms with E-state index in [2.05, 4.69) is 10.6 Å². The number of aryl methyl sites for hydroxylation is 4. The fraction of sp³-hybridized carbons (Fsp3) is 0.258. The van der Waals surface area contributed by atoms with Gasteiger partial charge in [-0.1, -0.05) is 18.2 Å². The highest BCUT2D eigenvalue weighted by atomic mass is 16.6. The number of nitrogens with zero attached hydrogens (tertiary/aromatic N) is 2. The Hall–Kier alpha value is -5.23. The summed E-state index contributed by atoms with van der Waals surface area (Å²) >= 11 is 0. The van der Waals surface area contributed by atoms with E-state index in [0.29, 0.717) is 23.6 Å². The summed E-state index contributed by atoms with van der Waals surface area (Å²) < 4.78 is 17.8. The normalized spacial score (nSPS) is 17.7. The lowest BCUT2D eigenvalue weighted by Gasteiger charge is -2.30. The van der Waals surface area contributed by atoms with Crippen molar-refractivity contribution < 1.29 is 38.5 Å². The summed E-state index contributed by atoms with van der Waals surface area (Å²) in [5.74, 6) is -4.98. The Morgan fingerprint density at radius 1 is 0.977 bits per heavy atom. The van der Waals surface area contributed by atoms with E-state index < -0.39 is 53.8 Å². The number of ether oxygens (including phenoxy) is 3. The molecular weight excluding hydrogens is 556 g/mol. The minimum absolute atomic E-state index is 0.161. The topological polar surface area (TPSA) is 158 Å². The van der Waals surface area contributed by atoms with Crippen LogP contribution in [-0.4, -0.2) is 43.9 Å². The molecule has 4 heterocycles. The number of aliphatic hydroxyl groups is 1. The van der Waals surface area contributed by atoms with Crippen molar-refractivity contribution in [1.82, 2.24) is 9.38 Å². The van der Waals surface area contributed by atoms with E-state index in [1.54, 1.807) is 12.3 Å². The molecule has 0 radical (unpaired) electrons. The van der Waals surface area contributed by atoms with Crippen molar-refractivity contribution >= 4 is 40.8 Å². The third kappa shape index (κ3) is 4.95. The van der Waals surface area contributed by atoms with Gasteiger partial charge < -0.3 is 34.4 Å². The van der Waals surface area contributed by atoms with Gasteiger partial charge in [-0.15, -0.1) is 0 Å². The molecule has 2 aliphatic rings. The molecule has 0 spiro atoms. The van der Waals surface area contributed by atoms with Crippen LogP contribution in [0.1, 0.15) is 51.3 Å². The maximum Gasteiger partial charge on any atom is 0.345 e. The Morgan fingerprint density at radius 3 is 2.40 bits per heavy atom. The Bertz CT molecular complexity index is 1860. The summed E-state index contributed by atoms with van der Waals surface area (Å²) in [7, 11) is 0. The van der Waals surface area contributed by atoms with Gasteiger partial charge in [0.2, 0.25) is 5.75 Å². The number of benzene rings is 2. The molecule has 0 saturated heterocycles. The van der Waals surface area contributed by atoms with Crippen LogP contribution in [0.25, 0.3) is 5.65 Å². The number of fused-ring (bicyclic) bond motifs is 3. The first-order valence-corrected chi connectivity index (χ1v) is 13.6. The minimum atomic E-state index is -2.46. The lowest BCUT2D eigenvalue weighted by atomic mass is 9.94. The van der Waals surface area contributed by atoms with Crippen LogP contribution in [0.5, 0.6) is 17.2 Å². The predicted octanol–water partition coefficient (Wildman–Crippen LogP) is 3.69. The number of carbonyl (C=O) groups is 4. The van der Waals surface area contributed by atoms with Crippen LogP contribution in [0.15, 0.2) is 42.6 Å². The lowest BCUT2D eigenvalue weighted by Crippen LogP contribution is -2.49. The molecule has 43 heavy (non-hydrogen) atoms. The van der Waals surface area contributed by atoms with Crippen LogP contribution in [0.2, 0.25) is 0 Å². The van der Waals surface area contributed by atoms with Crippen molar-refractivity contribution in [2.24, 2.45) is 0 Å². The van der Waals surface area contributed by atoms with Crippen molar-refractivity contribution in [3.63, 3.8) is 0 Å². The van der Waals surface area contributed by atoms with Gasteiger partial charge in [-0.05, 0) is 62.6 Å². The molecule has 0 saturated carbocycles. The van der Waals surface area contributed by atoms with Gasteiger partial charge in [0.05, 0.1) is 35.5 Å². The van der Waals surface area contributed by atoms with E-state index in [0.717, 1.165) is 28.1 Å². The van der Waals surface area contributed by atoms with Gasteiger partial charge >= 0.3 is 17.9 Å². The van der Waals surface area contributed by atoms with E-state index in [1.807, 2.05) is 50.3 Å².